The van der Waals surface area contributed by atoms with Gasteiger partial charge in [0.05, 0.1) is 40.7 Å². The number of benzene rings is 1. The van der Waals surface area contributed by atoms with E-state index >= 15 is 4.39 Å². The van der Waals surface area contributed by atoms with Gasteiger partial charge >= 0.3 is 5.97 Å². The van der Waals surface area contributed by atoms with E-state index in [-0.39, 0.29) is 51.9 Å². The number of fused-ring (bicyclic) bond motifs is 1. The minimum atomic E-state index is -2.57. The van der Waals surface area contributed by atoms with Crippen molar-refractivity contribution >= 4 is 37.6 Å². The van der Waals surface area contributed by atoms with E-state index in [0.29, 0.717) is 11.1 Å². The van der Waals surface area contributed by atoms with E-state index in [0.717, 1.165) is 18.9 Å². The molecule has 0 amide bonds. The van der Waals surface area contributed by atoms with Crippen LogP contribution in [0.3, 0.4) is 0 Å². The van der Waals surface area contributed by atoms with Gasteiger partial charge in [0, 0.05) is 18.7 Å². The molecule has 2 aromatic rings. The number of nitrogens with zero attached hydrogens (tertiary/aromatic N) is 1. The second kappa shape index (κ2) is 8.27. The lowest BCUT2D eigenvalue weighted by molar-refractivity contribution is 0.0524. The number of hydrogen-bond acceptors (Lipinski definition) is 7. The van der Waals surface area contributed by atoms with Gasteiger partial charge in [-0.25, -0.2) is 9.18 Å². The van der Waals surface area contributed by atoms with Gasteiger partial charge in [0.25, 0.3) is 0 Å². The van der Waals surface area contributed by atoms with Gasteiger partial charge < -0.3 is 19.8 Å². The molecular formula is C22H21FN2O6S. The molecule has 32 heavy (non-hydrogen) atoms. The first kappa shape index (κ1) is 21.8. The fourth-order valence-electron chi connectivity index (χ4n) is 3.89. The molecule has 8 nitrogen and oxygen atoms in total. The van der Waals surface area contributed by atoms with Gasteiger partial charge in [-0.3, -0.25) is 4.79 Å². The Morgan fingerprint density at radius 1 is 1.31 bits per heavy atom. The van der Waals surface area contributed by atoms with Gasteiger partial charge in [0.15, 0.2) is 5.75 Å². The van der Waals surface area contributed by atoms with Gasteiger partial charge in [-0.2, -0.15) is 8.42 Å². The van der Waals surface area contributed by atoms with Crippen LogP contribution in [0.25, 0.3) is 16.5 Å². The Morgan fingerprint density at radius 3 is 2.62 bits per heavy atom. The average Bonchev–Trinajstić information content (AvgIpc) is 3.59. The number of aromatic nitrogens is 1. The van der Waals surface area contributed by atoms with Crippen LogP contribution in [0.2, 0.25) is 0 Å². The Hall–Kier alpha value is -3.40. The van der Waals surface area contributed by atoms with E-state index in [1.807, 2.05) is 0 Å². The molecule has 168 valence electrons. The highest BCUT2D eigenvalue weighted by Gasteiger charge is 2.31. The number of allylic oxidation sites excluding steroid dienone is 4. The van der Waals surface area contributed by atoms with Crippen molar-refractivity contribution in [1.82, 2.24) is 4.57 Å². The maximum Gasteiger partial charge on any atom is 0.343 e. The molecule has 2 aliphatic rings. The molecule has 0 atom stereocenters. The van der Waals surface area contributed by atoms with Crippen LogP contribution in [-0.4, -0.2) is 37.5 Å². The number of methoxy groups -OCH3 is 1. The number of ether oxygens (including phenoxy) is 2. The maximum atomic E-state index is 15.4. The van der Waals surface area contributed by atoms with Gasteiger partial charge in [0.2, 0.25) is 15.7 Å². The lowest BCUT2D eigenvalue weighted by atomic mass is 9.93. The van der Waals surface area contributed by atoms with E-state index in [9.17, 15) is 18.0 Å². The van der Waals surface area contributed by atoms with E-state index in [1.165, 1.54) is 25.5 Å². The second-order valence-corrected chi connectivity index (χ2v) is 8.50. The number of carbonyl (C=O) groups excluding carboxylic acids is 1. The summed E-state index contributed by atoms with van der Waals surface area (Å²) in [5, 5.41) is -0.0105. The van der Waals surface area contributed by atoms with Gasteiger partial charge in [-0.05, 0) is 37.5 Å². The van der Waals surface area contributed by atoms with Crippen LogP contribution in [-0.2, 0) is 15.0 Å². The molecule has 0 spiro atoms. The van der Waals surface area contributed by atoms with Crippen LogP contribution in [0.1, 0.15) is 48.1 Å². The number of halogens is 1. The largest absolute Gasteiger partial charge is 0.494 e. The SMILES string of the molecule is CCOC(=O)c1cn(C2CC2)c2c(OC)c(C3=CC=C(N)C(=S(=O)=O)C3)c(F)cc2c1=O. The van der Waals surface area contributed by atoms with Gasteiger partial charge in [-0.15, -0.1) is 0 Å². The van der Waals surface area contributed by atoms with Crippen LogP contribution < -0.4 is 15.9 Å². The van der Waals surface area contributed by atoms with Crippen LogP contribution in [0.5, 0.6) is 5.75 Å². The molecule has 0 unspecified atom stereocenters. The Labute approximate surface area is 184 Å². The first-order chi connectivity index (χ1) is 15.3. The molecule has 1 aromatic heterocycles. The average molecular weight is 460 g/mol. The number of rotatable bonds is 5. The third kappa shape index (κ3) is 3.60. The molecule has 10 heteroatoms. The molecule has 1 fully saturated rings. The third-order valence-electron chi connectivity index (χ3n) is 5.52. The monoisotopic (exact) mass is 460 g/mol. The summed E-state index contributed by atoms with van der Waals surface area (Å²) < 4.78 is 50.8. The van der Waals surface area contributed by atoms with Crippen molar-refractivity contribution < 1.29 is 27.1 Å². The molecule has 1 heterocycles. The fraction of sp³-hybridized carbons (Fsp3) is 0.318. The summed E-state index contributed by atoms with van der Waals surface area (Å²) in [4.78, 5) is 25.4. The highest BCUT2D eigenvalue weighted by molar-refractivity contribution is 7.73. The number of esters is 1. The van der Waals surface area contributed by atoms with Crippen molar-refractivity contribution in [2.75, 3.05) is 13.7 Å². The Balaban J connectivity index is 2.05. The van der Waals surface area contributed by atoms with Gasteiger partial charge in [0.1, 0.15) is 11.4 Å². The molecule has 4 rings (SSSR count). The summed E-state index contributed by atoms with van der Waals surface area (Å²) in [5.41, 5.74) is 5.74. The second-order valence-electron chi connectivity index (χ2n) is 7.54. The molecule has 0 bridgehead atoms. The van der Waals surface area contributed by atoms with Crippen molar-refractivity contribution in [2.45, 2.75) is 32.2 Å². The van der Waals surface area contributed by atoms with E-state index in [1.54, 1.807) is 11.5 Å². The van der Waals surface area contributed by atoms with Gasteiger partial charge in [-0.1, -0.05) is 6.08 Å². The zero-order valence-electron chi connectivity index (χ0n) is 17.5. The Morgan fingerprint density at radius 2 is 2.03 bits per heavy atom. The standard InChI is InChI=1S/C22H21FN2O6S/c1-3-31-22(27)14-10-25(12-5-6-12)19-13(20(14)26)9-15(23)18(21(19)30-2)11-4-7-16(24)17(8-11)32(28)29/h4,7,9-10,12H,3,5-6,8,24H2,1-2H3. The highest BCUT2D eigenvalue weighted by Crippen LogP contribution is 2.43. The lowest BCUT2D eigenvalue weighted by Gasteiger charge is -2.21. The molecular weight excluding hydrogens is 439 g/mol. The van der Waals surface area contributed by atoms with E-state index < -0.39 is 27.5 Å². The fourth-order valence-corrected chi connectivity index (χ4v) is 4.42. The Bertz CT molecular complexity index is 1410. The predicted octanol–water partition coefficient (Wildman–Crippen LogP) is 2.34. The number of nitrogens with two attached hydrogens (primary N) is 1. The normalized spacial score (nSPS) is 15.9. The van der Waals surface area contributed by atoms with Crippen molar-refractivity contribution in [1.29, 1.82) is 0 Å². The number of carbonyl (C=O) groups is 1. The summed E-state index contributed by atoms with van der Waals surface area (Å²) in [6, 6.07) is 1.08. The molecule has 0 aliphatic heterocycles. The summed E-state index contributed by atoms with van der Waals surface area (Å²) in [5.74, 6) is -1.45. The van der Waals surface area contributed by atoms with Crippen molar-refractivity contribution in [3.8, 4) is 5.75 Å². The Kier molecular flexibility index (Phi) is 5.64. The zero-order valence-corrected chi connectivity index (χ0v) is 18.3. The summed E-state index contributed by atoms with van der Waals surface area (Å²) >= 11 is 0. The predicted molar refractivity (Wildman–Crippen MR) is 118 cm³/mol. The van der Waals surface area contributed by atoms with Crippen LogP contribution in [0, 0.1) is 5.82 Å². The molecule has 2 aliphatic carbocycles. The van der Waals surface area contributed by atoms with E-state index in [2.05, 4.69) is 0 Å². The molecule has 0 radical (unpaired) electrons. The molecule has 1 saturated carbocycles. The maximum absolute atomic E-state index is 15.4. The third-order valence-corrected chi connectivity index (χ3v) is 6.30. The molecule has 1 aromatic carbocycles. The molecule has 2 N–H and O–H groups in total. The number of pyridine rings is 1. The minimum absolute atomic E-state index is 0.0105. The summed E-state index contributed by atoms with van der Waals surface area (Å²) in [7, 11) is -1.22. The van der Waals surface area contributed by atoms with Crippen molar-refractivity contribution in [3.05, 3.63) is 57.3 Å². The smallest absolute Gasteiger partial charge is 0.343 e. The zero-order chi connectivity index (χ0) is 23.2. The number of hydrogen-bond donors (Lipinski definition) is 1. The van der Waals surface area contributed by atoms with Crippen LogP contribution >= 0.6 is 0 Å². The van der Waals surface area contributed by atoms with Crippen LogP contribution in [0.15, 0.2) is 34.9 Å². The lowest BCUT2D eigenvalue weighted by Crippen LogP contribution is -2.22. The topological polar surface area (TPSA) is 118 Å². The highest BCUT2D eigenvalue weighted by atomic mass is 32.2. The van der Waals surface area contributed by atoms with Crippen LogP contribution in [0.4, 0.5) is 4.39 Å². The van der Waals surface area contributed by atoms with E-state index in [4.69, 9.17) is 15.2 Å². The first-order valence-corrected chi connectivity index (χ1v) is 11.1. The van der Waals surface area contributed by atoms with Crippen molar-refractivity contribution in [3.63, 3.8) is 0 Å². The quantitative estimate of drug-likeness (QED) is 0.538. The van der Waals surface area contributed by atoms with Crippen molar-refractivity contribution in [2.24, 2.45) is 5.73 Å². The summed E-state index contributed by atoms with van der Waals surface area (Å²) in [6.45, 7) is 1.73. The minimum Gasteiger partial charge on any atom is -0.494 e. The summed E-state index contributed by atoms with van der Waals surface area (Å²) in [6.07, 6.45) is 5.89. The first-order valence-electron chi connectivity index (χ1n) is 10.0. The molecule has 0 saturated heterocycles.